The molecule has 0 radical (unpaired) electrons. The van der Waals surface area contributed by atoms with Gasteiger partial charge in [0.2, 0.25) is 0 Å². The van der Waals surface area contributed by atoms with Crippen LogP contribution in [0.15, 0.2) is 4.99 Å². The Morgan fingerprint density at radius 3 is 2.50 bits per heavy atom. The summed E-state index contributed by atoms with van der Waals surface area (Å²) in [6.07, 6.45) is 0. The van der Waals surface area contributed by atoms with Gasteiger partial charge in [-0.25, -0.2) is 0 Å². The minimum absolute atomic E-state index is 0.0716. The first-order chi connectivity index (χ1) is 5.38. The van der Waals surface area contributed by atoms with Crippen molar-refractivity contribution >= 4 is 29.2 Å². The van der Waals surface area contributed by atoms with Crippen LogP contribution in [0.4, 0.5) is 13.2 Å². The van der Waals surface area contributed by atoms with Gasteiger partial charge in [-0.1, -0.05) is 11.8 Å². The van der Waals surface area contributed by atoms with E-state index in [-0.39, 0.29) is 11.8 Å². The number of hydrogen-bond donors (Lipinski definition) is 1. The molecular formula is C5H7F3N2S2. The minimum atomic E-state index is -4.21. The second-order valence-electron chi connectivity index (χ2n) is 2.19. The van der Waals surface area contributed by atoms with Crippen molar-refractivity contribution in [3.63, 3.8) is 0 Å². The van der Waals surface area contributed by atoms with E-state index < -0.39 is 15.6 Å². The normalized spacial score (nSPS) is 30.6. The van der Waals surface area contributed by atoms with Crippen molar-refractivity contribution in [2.45, 2.75) is 22.5 Å². The maximum atomic E-state index is 11.9. The quantitative estimate of drug-likeness (QED) is 0.728. The van der Waals surface area contributed by atoms with Gasteiger partial charge in [-0.3, -0.25) is 4.99 Å². The lowest BCUT2D eigenvalue weighted by molar-refractivity contribution is -0.0326. The Hall–Kier alpha value is 0.120. The smallest absolute Gasteiger partial charge is 0.301 e. The Bertz CT molecular complexity index is 203. The van der Waals surface area contributed by atoms with Gasteiger partial charge in [0.1, 0.15) is 5.50 Å². The zero-order valence-electron chi connectivity index (χ0n) is 6.13. The van der Waals surface area contributed by atoms with Crippen molar-refractivity contribution in [2.75, 3.05) is 0 Å². The van der Waals surface area contributed by atoms with Crippen molar-refractivity contribution in [1.29, 1.82) is 0 Å². The summed E-state index contributed by atoms with van der Waals surface area (Å²) in [6, 6.07) is 0. The number of hydrogen-bond acceptors (Lipinski definition) is 4. The number of rotatable bonds is 1. The SMILES string of the molecule is CC1=NC(N)SC1SC(F)(F)F. The topological polar surface area (TPSA) is 38.4 Å². The predicted molar refractivity (Wildman–Crippen MR) is 46.1 cm³/mol. The van der Waals surface area contributed by atoms with E-state index in [2.05, 4.69) is 4.99 Å². The molecule has 0 amide bonds. The van der Waals surface area contributed by atoms with Crippen molar-refractivity contribution in [3.05, 3.63) is 0 Å². The largest absolute Gasteiger partial charge is 0.443 e. The van der Waals surface area contributed by atoms with E-state index in [0.717, 1.165) is 11.8 Å². The molecule has 0 fully saturated rings. The van der Waals surface area contributed by atoms with E-state index in [1.54, 1.807) is 6.92 Å². The molecule has 0 aromatic carbocycles. The molecule has 1 heterocycles. The predicted octanol–water partition coefficient (Wildman–Crippen LogP) is 2.02. The molecule has 0 bridgehead atoms. The first-order valence-corrected chi connectivity index (χ1v) is 4.90. The third-order valence-electron chi connectivity index (χ3n) is 1.18. The molecular weight excluding hydrogens is 209 g/mol. The Kier molecular flexibility index (Phi) is 2.95. The third kappa shape index (κ3) is 2.87. The summed E-state index contributed by atoms with van der Waals surface area (Å²) in [5, 5.41) is 0. The van der Waals surface area contributed by atoms with Crippen LogP contribution < -0.4 is 5.73 Å². The van der Waals surface area contributed by atoms with Gasteiger partial charge in [-0.05, 0) is 18.7 Å². The van der Waals surface area contributed by atoms with Gasteiger partial charge in [0.15, 0.2) is 0 Å². The van der Waals surface area contributed by atoms with Crippen LogP contribution in [0.3, 0.4) is 0 Å². The molecule has 1 aliphatic heterocycles. The summed E-state index contributed by atoms with van der Waals surface area (Å²) in [6.45, 7) is 1.56. The molecule has 2 N–H and O–H groups in total. The highest BCUT2D eigenvalue weighted by Gasteiger charge is 2.37. The zero-order chi connectivity index (χ0) is 9.35. The maximum Gasteiger partial charge on any atom is 0.443 e. The fourth-order valence-electron chi connectivity index (χ4n) is 0.752. The standard InChI is InChI=1S/C5H7F3N2S2/c1-2-3(11-4(9)10-2)12-5(6,7)8/h3-4H,9H2,1H3. The first kappa shape index (κ1) is 10.2. The molecule has 0 saturated heterocycles. The Morgan fingerprint density at radius 1 is 1.58 bits per heavy atom. The molecule has 7 heteroatoms. The van der Waals surface area contributed by atoms with E-state index in [4.69, 9.17) is 5.73 Å². The number of nitrogens with two attached hydrogens (primary N) is 1. The van der Waals surface area contributed by atoms with Crippen LogP contribution in [-0.4, -0.2) is 21.3 Å². The molecule has 70 valence electrons. The maximum absolute atomic E-state index is 11.9. The fraction of sp³-hybridized carbons (Fsp3) is 0.800. The third-order valence-corrected chi connectivity index (χ3v) is 3.59. The minimum Gasteiger partial charge on any atom is -0.301 e. The van der Waals surface area contributed by atoms with E-state index in [1.807, 2.05) is 0 Å². The molecule has 0 aromatic rings. The van der Waals surface area contributed by atoms with Crippen molar-refractivity contribution in [3.8, 4) is 0 Å². The van der Waals surface area contributed by atoms with Crippen LogP contribution in [-0.2, 0) is 0 Å². The number of aliphatic imine (C=N–C) groups is 1. The number of thioether (sulfide) groups is 2. The molecule has 1 aliphatic rings. The van der Waals surface area contributed by atoms with Crippen LogP contribution in [0.25, 0.3) is 0 Å². The molecule has 2 nitrogen and oxygen atoms in total. The molecule has 0 aliphatic carbocycles. The van der Waals surface area contributed by atoms with Gasteiger partial charge in [0.25, 0.3) is 0 Å². The van der Waals surface area contributed by atoms with Crippen molar-refractivity contribution < 1.29 is 13.2 Å². The van der Waals surface area contributed by atoms with Crippen LogP contribution in [0.2, 0.25) is 0 Å². The second-order valence-corrected chi connectivity index (χ2v) is 4.89. The van der Waals surface area contributed by atoms with Crippen LogP contribution in [0.5, 0.6) is 0 Å². The zero-order valence-corrected chi connectivity index (χ0v) is 7.76. The summed E-state index contributed by atoms with van der Waals surface area (Å²) in [5.41, 5.74) is 1.04. The lowest BCUT2D eigenvalue weighted by Crippen LogP contribution is -2.14. The van der Waals surface area contributed by atoms with Gasteiger partial charge in [0, 0.05) is 5.71 Å². The summed E-state index contributed by atoms with van der Waals surface area (Å²) in [7, 11) is 0. The highest BCUT2D eigenvalue weighted by atomic mass is 32.2. The highest BCUT2D eigenvalue weighted by molar-refractivity contribution is 8.19. The molecule has 0 saturated carbocycles. The monoisotopic (exact) mass is 216 g/mol. The molecule has 1 rings (SSSR count). The van der Waals surface area contributed by atoms with Crippen LogP contribution >= 0.6 is 23.5 Å². The number of nitrogens with zero attached hydrogens (tertiary/aromatic N) is 1. The molecule has 0 spiro atoms. The van der Waals surface area contributed by atoms with Gasteiger partial charge >= 0.3 is 5.51 Å². The van der Waals surface area contributed by atoms with E-state index in [9.17, 15) is 13.2 Å². The lowest BCUT2D eigenvalue weighted by Gasteiger charge is -2.11. The van der Waals surface area contributed by atoms with E-state index in [1.165, 1.54) is 0 Å². The van der Waals surface area contributed by atoms with Crippen molar-refractivity contribution in [1.82, 2.24) is 0 Å². The summed E-state index contributed by atoms with van der Waals surface area (Å²) < 4.78 is 34.9. The Morgan fingerprint density at radius 2 is 2.17 bits per heavy atom. The first-order valence-electron chi connectivity index (χ1n) is 3.08. The van der Waals surface area contributed by atoms with Gasteiger partial charge in [0.05, 0.1) is 4.58 Å². The van der Waals surface area contributed by atoms with E-state index in [0.29, 0.717) is 5.71 Å². The highest BCUT2D eigenvalue weighted by Crippen LogP contribution is 2.42. The van der Waals surface area contributed by atoms with Crippen LogP contribution in [0.1, 0.15) is 6.92 Å². The molecule has 2 unspecified atom stereocenters. The lowest BCUT2D eigenvalue weighted by atomic mass is 10.5. The van der Waals surface area contributed by atoms with Gasteiger partial charge in [-0.2, -0.15) is 13.2 Å². The summed E-state index contributed by atoms with van der Waals surface area (Å²) in [5.74, 6) is 0. The average Bonchev–Trinajstić information content (AvgIpc) is 2.06. The van der Waals surface area contributed by atoms with Gasteiger partial charge < -0.3 is 5.73 Å². The summed E-state index contributed by atoms with van der Waals surface area (Å²) >= 11 is 0.946. The molecule has 12 heavy (non-hydrogen) atoms. The second kappa shape index (κ2) is 3.47. The molecule has 2 atom stereocenters. The number of halogens is 3. The molecule has 0 aromatic heterocycles. The Labute approximate surface area is 76.2 Å². The van der Waals surface area contributed by atoms with Crippen molar-refractivity contribution in [2.24, 2.45) is 10.7 Å². The summed E-state index contributed by atoms with van der Waals surface area (Å²) in [4.78, 5) is 3.79. The number of alkyl halides is 3. The Balaban J connectivity index is 2.52. The fourth-order valence-corrected chi connectivity index (χ4v) is 2.85. The van der Waals surface area contributed by atoms with Crippen LogP contribution in [0, 0.1) is 0 Å². The van der Waals surface area contributed by atoms with E-state index >= 15 is 0 Å². The average molecular weight is 216 g/mol. The van der Waals surface area contributed by atoms with Gasteiger partial charge in [-0.15, -0.1) is 0 Å².